The summed E-state index contributed by atoms with van der Waals surface area (Å²) >= 11 is 11.8. The maximum absolute atomic E-state index is 14.0. The SMILES string of the molecule is O=C(Nc1ccc(Cl)c(Cl)c1)c1c(-c2ccnc(F)c2)c2oc1cc2F. The Hall–Kier alpha value is -2.70. The minimum absolute atomic E-state index is 0.0577. The molecule has 1 N–H and O–H groups in total. The van der Waals surface area contributed by atoms with E-state index in [1.54, 1.807) is 6.07 Å². The molecule has 26 heavy (non-hydrogen) atoms. The summed E-state index contributed by atoms with van der Waals surface area (Å²) in [5.41, 5.74) is 0.879. The molecule has 0 fully saturated rings. The van der Waals surface area contributed by atoms with E-state index in [1.165, 1.54) is 24.4 Å². The zero-order chi connectivity index (χ0) is 18.4. The quantitative estimate of drug-likeness (QED) is 0.450. The maximum atomic E-state index is 14.0. The molecular formula is C18H8Cl2F2N2O2. The second-order valence-corrected chi connectivity index (χ2v) is 6.30. The number of nitrogens with zero attached hydrogens (tertiary/aromatic N) is 1. The molecule has 0 aliphatic rings. The van der Waals surface area contributed by atoms with Gasteiger partial charge in [0.2, 0.25) is 5.95 Å². The van der Waals surface area contributed by atoms with Gasteiger partial charge in [-0.3, -0.25) is 4.79 Å². The van der Waals surface area contributed by atoms with Crippen LogP contribution in [0.4, 0.5) is 14.5 Å². The first-order valence-electron chi connectivity index (χ1n) is 7.36. The molecule has 4 nitrogen and oxygen atoms in total. The zero-order valence-electron chi connectivity index (χ0n) is 12.8. The maximum Gasteiger partial charge on any atom is 0.260 e. The Bertz CT molecular complexity index is 1140. The summed E-state index contributed by atoms with van der Waals surface area (Å²) in [6, 6.07) is 8.27. The lowest BCUT2D eigenvalue weighted by molar-refractivity contribution is 0.102. The first-order chi connectivity index (χ1) is 12.4. The van der Waals surface area contributed by atoms with Crippen LogP contribution < -0.4 is 5.32 Å². The molecule has 0 saturated carbocycles. The molecule has 4 rings (SSSR count). The lowest BCUT2D eigenvalue weighted by atomic mass is 9.99. The fraction of sp³-hybridized carbons (Fsp3) is 0. The van der Waals surface area contributed by atoms with Gasteiger partial charge in [0, 0.05) is 29.6 Å². The molecule has 0 spiro atoms. The highest BCUT2D eigenvalue weighted by Crippen LogP contribution is 2.39. The van der Waals surface area contributed by atoms with E-state index in [4.69, 9.17) is 27.6 Å². The number of carbonyl (C=O) groups excluding carboxylic acids is 1. The van der Waals surface area contributed by atoms with Crippen LogP contribution in [0.5, 0.6) is 0 Å². The van der Waals surface area contributed by atoms with Crippen LogP contribution in [0, 0.1) is 11.8 Å². The number of amides is 1. The summed E-state index contributed by atoms with van der Waals surface area (Å²) in [4.78, 5) is 16.2. The molecular weight excluding hydrogens is 385 g/mol. The van der Waals surface area contributed by atoms with E-state index >= 15 is 0 Å². The molecule has 0 aliphatic heterocycles. The smallest absolute Gasteiger partial charge is 0.260 e. The third-order valence-corrected chi connectivity index (χ3v) is 4.57. The Labute approximate surface area is 155 Å². The van der Waals surface area contributed by atoms with Crippen molar-refractivity contribution in [3.8, 4) is 11.1 Å². The first-order valence-corrected chi connectivity index (χ1v) is 8.12. The van der Waals surface area contributed by atoms with Crippen molar-refractivity contribution in [3.63, 3.8) is 0 Å². The molecule has 1 aromatic carbocycles. The number of benzene rings is 2. The summed E-state index contributed by atoms with van der Waals surface area (Å²) in [7, 11) is 0. The predicted molar refractivity (Wildman–Crippen MR) is 95.0 cm³/mol. The predicted octanol–water partition coefficient (Wildman–Crippen LogP) is 5.77. The van der Waals surface area contributed by atoms with Crippen LogP contribution in [0.25, 0.3) is 22.3 Å². The van der Waals surface area contributed by atoms with E-state index in [0.717, 1.165) is 12.1 Å². The third-order valence-electron chi connectivity index (χ3n) is 3.83. The number of fused-ring (bicyclic) bond motifs is 2. The minimum Gasteiger partial charge on any atom is -0.453 e. The molecule has 0 saturated heterocycles. The molecule has 3 heterocycles. The number of hydrogen-bond acceptors (Lipinski definition) is 3. The van der Waals surface area contributed by atoms with E-state index in [1.807, 2.05) is 0 Å². The third kappa shape index (κ3) is 2.77. The van der Waals surface area contributed by atoms with Crippen molar-refractivity contribution in [2.24, 2.45) is 0 Å². The summed E-state index contributed by atoms with van der Waals surface area (Å²) in [5.74, 6) is -1.93. The Morgan fingerprint density at radius 2 is 1.88 bits per heavy atom. The zero-order valence-corrected chi connectivity index (χ0v) is 14.3. The highest BCUT2D eigenvalue weighted by molar-refractivity contribution is 6.42. The Morgan fingerprint density at radius 3 is 2.62 bits per heavy atom. The minimum atomic E-state index is -0.753. The monoisotopic (exact) mass is 392 g/mol. The van der Waals surface area contributed by atoms with Gasteiger partial charge in [0.15, 0.2) is 11.4 Å². The van der Waals surface area contributed by atoms with Crippen molar-refractivity contribution < 1.29 is 18.0 Å². The standard InChI is InChI=1S/C18H8Cl2F2N2O2/c19-10-2-1-9(6-11(10)20)24-18(25)16-13-7-12(21)17(26-13)15(16)8-3-4-23-14(22)5-8/h1-7H,(H,24,25). The Morgan fingerprint density at radius 1 is 1.08 bits per heavy atom. The van der Waals surface area contributed by atoms with E-state index in [0.29, 0.717) is 10.7 Å². The number of pyridine rings is 1. The average molecular weight is 393 g/mol. The summed E-state index contributed by atoms with van der Waals surface area (Å²) < 4.78 is 32.8. The highest BCUT2D eigenvalue weighted by atomic mass is 35.5. The number of furan rings is 2. The van der Waals surface area contributed by atoms with Crippen molar-refractivity contribution in [1.29, 1.82) is 0 Å². The largest absolute Gasteiger partial charge is 0.453 e. The van der Waals surface area contributed by atoms with Crippen molar-refractivity contribution in [2.75, 3.05) is 5.32 Å². The van der Waals surface area contributed by atoms with Gasteiger partial charge in [0.1, 0.15) is 5.58 Å². The highest BCUT2D eigenvalue weighted by Gasteiger charge is 2.28. The van der Waals surface area contributed by atoms with Gasteiger partial charge in [-0.15, -0.1) is 0 Å². The second-order valence-electron chi connectivity index (χ2n) is 5.49. The van der Waals surface area contributed by atoms with Gasteiger partial charge < -0.3 is 9.73 Å². The van der Waals surface area contributed by atoms with Crippen LogP contribution in [0.3, 0.4) is 0 Å². The lowest BCUT2D eigenvalue weighted by Gasteiger charge is -2.08. The molecule has 2 bridgehead atoms. The molecule has 3 aromatic heterocycles. The number of carbonyl (C=O) groups is 1. The van der Waals surface area contributed by atoms with E-state index in [9.17, 15) is 13.6 Å². The lowest BCUT2D eigenvalue weighted by Crippen LogP contribution is -2.13. The van der Waals surface area contributed by atoms with E-state index in [-0.39, 0.29) is 32.9 Å². The normalized spacial score (nSPS) is 11.2. The molecule has 1 amide bonds. The van der Waals surface area contributed by atoms with Gasteiger partial charge in [0.05, 0.1) is 15.6 Å². The number of halogens is 4. The van der Waals surface area contributed by atoms with Gasteiger partial charge in [-0.2, -0.15) is 4.39 Å². The number of nitrogens with one attached hydrogen (secondary N) is 1. The second kappa shape index (κ2) is 6.23. The van der Waals surface area contributed by atoms with Crippen LogP contribution in [0.15, 0.2) is 47.0 Å². The fourth-order valence-corrected chi connectivity index (χ4v) is 3.02. The molecule has 8 heteroatoms. The first kappa shape index (κ1) is 16.8. The summed E-state index contributed by atoms with van der Waals surface area (Å²) in [6.45, 7) is 0. The molecule has 4 aromatic rings. The molecule has 0 unspecified atom stereocenters. The van der Waals surface area contributed by atoms with Crippen LogP contribution in [-0.4, -0.2) is 10.9 Å². The van der Waals surface area contributed by atoms with Crippen LogP contribution in [-0.2, 0) is 0 Å². The van der Waals surface area contributed by atoms with Crippen LogP contribution in [0.2, 0.25) is 10.0 Å². The van der Waals surface area contributed by atoms with Gasteiger partial charge >= 0.3 is 0 Å². The molecule has 0 radical (unpaired) electrons. The van der Waals surface area contributed by atoms with Crippen molar-refractivity contribution in [2.45, 2.75) is 0 Å². The van der Waals surface area contributed by atoms with Crippen molar-refractivity contribution in [1.82, 2.24) is 4.98 Å². The number of anilines is 1. The van der Waals surface area contributed by atoms with Crippen molar-refractivity contribution in [3.05, 3.63) is 70.0 Å². The van der Waals surface area contributed by atoms with E-state index < -0.39 is 17.7 Å². The average Bonchev–Trinajstić information content (AvgIpc) is 3.15. The van der Waals surface area contributed by atoms with Crippen LogP contribution in [0.1, 0.15) is 10.4 Å². The van der Waals surface area contributed by atoms with Gasteiger partial charge in [-0.25, -0.2) is 9.37 Å². The van der Waals surface area contributed by atoms with Crippen molar-refractivity contribution >= 4 is 46.0 Å². The fourth-order valence-electron chi connectivity index (χ4n) is 2.73. The van der Waals surface area contributed by atoms with Gasteiger partial charge in [0.25, 0.3) is 5.91 Å². The molecule has 130 valence electrons. The number of hydrogen-bond donors (Lipinski definition) is 1. The topological polar surface area (TPSA) is 55.1 Å². The van der Waals surface area contributed by atoms with Gasteiger partial charge in [-0.1, -0.05) is 23.2 Å². The summed E-state index contributed by atoms with van der Waals surface area (Å²) in [5, 5.41) is 3.26. The molecule has 0 aliphatic carbocycles. The molecule has 0 atom stereocenters. The van der Waals surface area contributed by atoms with E-state index in [2.05, 4.69) is 10.3 Å². The Kier molecular flexibility index (Phi) is 4.01. The summed E-state index contributed by atoms with van der Waals surface area (Å²) in [6.07, 6.45) is 1.23. The Balaban J connectivity index is 1.79. The number of aromatic nitrogens is 1. The van der Waals surface area contributed by atoms with Crippen LogP contribution >= 0.6 is 23.2 Å². The van der Waals surface area contributed by atoms with Gasteiger partial charge in [-0.05, 0) is 29.8 Å². The number of rotatable bonds is 3.